The first kappa shape index (κ1) is 62.7. The molecule has 0 radical (unpaired) electrons. The van der Waals surface area contributed by atoms with Gasteiger partial charge in [-0.2, -0.15) is 0 Å². The lowest BCUT2D eigenvalue weighted by Gasteiger charge is -1.56. The summed E-state index contributed by atoms with van der Waals surface area (Å²) in [6.45, 7) is 0. The van der Waals surface area contributed by atoms with E-state index in [-0.39, 0.29) is 33.3 Å². The topological polar surface area (TPSA) is 295 Å². The highest BCUT2D eigenvalue weighted by molar-refractivity contribution is 3.84. The van der Waals surface area contributed by atoms with Crippen LogP contribution in [0.4, 0.5) is 0 Å². The van der Waals surface area contributed by atoms with Crippen LogP contribution in [-0.4, -0.2) is 30.9 Å². The third-order valence-corrected chi connectivity index (χ3v) is 0. The Morgan fingerprint density at radius 3 is 0.588 bits per heavy atom. The molecule has 0 fully saturated rings. The lowest BCUT2D eigenvalue weighted by molar-refractivity contribution is -0.742. The van der Waals surface area contributed by atoms with Crippen LogP contribution in [0.25, 0.3) is 0 Å². The Morgan fingerprint density at radius 2 is 0.588 bits per heavy atom. The molecule has 0 aromatic carbocycles. The van der Waals surface area contributed by atoms with E-state index in [9.17, 15) is 0 Å². The van der Waals surface area contributed by atoms with Gasteiger partial charge < -0.3 is 34.1 Å². The molecule has 0 aliphatic rings. The SMILES string of the molecule is C.C.N.N.N.O=[N+]([O-])O.O=[N+]([O-])O.O=[N+]([O-])O. The van der Waals surface area contributed by atoms with E-state index in [1.165, 1.54) is 0 Å². The molecule has 0 atom stereocenters. The molecule has 112 valence electrons. The quantitative estimate of drug-likeness (QED) is 0.262. The van der Waals surface area contributed by atoms with Gasteiger partial charge in [-0.1, -0.05) is 14.9 Å². The highest BCUT2D eigenvalue weighted by atomic mass is 16.9. The smallest absolute Gasteiger partial charge is 0.291 e. The molecule has 0 rings (SSSR count). The van der Waals surface area contributed by atoms with Crippen molar-refractivity contribution in [3.63, 3.8) is 0 Å². The zero-order chi connectivity index (χ0) is 10.7. The Balaban J connectivity index is -0.0000000104. The lowest BCUT2D eigenvalue weighted by atomic mass is 12.0. The standard InChI is InChI=1S/2CH4.3HNO3.3H3N/c;;3*2-1(3)4;;;/h2*1H4;3*(H,2,3,4);3*1H3. The molecule has 0 aromatic heterocycles. The van der Waals surface area contributed by atoms with Crippen molar-refractivity contribution < 1.29 is 30.9 Å². The monoisotopic (exact) mass is 272 g/mol. The van der Waals surface area contributed by atoms with E-state index in [1.54, 1.807) is 0 Å². The Bertz CT molecular complexity index is 121. The predicted octanol–water partition coefficient (Wildman–Crippen LogP) is 0.715. The molecular formula is C2H20N6O9. The van der Waals surface area contributed by atoms with Gasteiger partial charge in [0.25, 0.3) is 15.3 Å². The van der Waals surface area contributed by atoms with Crippen molar-refractivity contribution >= 4 is 0 Å². The minimum Gasteiger partial charge on any atom is -0.344 e. The molecule has 0 aliphatic heterocycles. The van der Waals surface area contributed by atoms with Crippen molar-refractivity contribution in [3.05, 3.63) is 30.3 Å². The van der Waals surface area contributed by atoms with Gasteiger partial charge >= 0.3 is 0 Å². The van der Waals surface area contributed by atoms with E-state index in [4.69, 9.17) is 46.0 Å². The van der Waals surface area contributed by atoms with Gasteiger partial charge in [0.2, 0.25) is 0 Å². The van der Waals surface area contributed by atoms with Gasteiger partial charge in [-0.3, -0.25) is 0 Å². The molecule has 0 aromatic rings. The molecule has 12 N–H and O–H groups in total. The maximum Gasteiger partial charge on any atom is 0.291 e. The fourth-order valence-electron chi connectivity index (χ4n) is 0. The Kier molecular flexibility index (Phi) is 184. The molecule has 0 saturated carbocycles. The van der Waals surface area contributed by atoms with Crippen LogP contribution in [0.2, 0.25) is 0 Å². The minimum atomic E-state index is -1.50. The summed E-state index contributed by atoms with van der Waals surface area (Å²) >= 11 is 0. The van der Waals surface area contributed by atoms with E-state index in [0.717, 1.165) is 0 Å². The van der Waals surface area contributed by atoms with E-state index >= 15 is 0 Å². The number of rotatable bonds is 0. The second-order valence-electron chi connectivity index (χ2n) is 0.714. The molecule has 15 heteroatoms. The summed E-state index contributed by atoms with van der Waals surface area (Å²) < 4.78 is 0. The van der Waals surface area contributed by atoms with Gasteiger partial charge in [0, 0.05) is 0 Å². The van der Waals surface area contributed by atoms with Crippen LogP contribution in [0.3, 0.4) is 0 Å². The molecule has 0 spiro atoms. The van der Waals surface area contributed by atoms with Gasteiger partial charge in [-0.15, -0.1) is 30.3 Å². The van der Waals surface area contributed by atoms with E-state index in [2.05, 4.69) is 0 Å². The van der Waals surface area contributed by atoms with Crippen molar-refractivity contribution in [2.45, 2.75) is 14.9 Å². The third-order valence-electron chi connectivity index (χ3n) is 0. The molecule has 0 heterocycles. The Labute approximate surface area is 95.7 Å². The maximum atomic E-state index is 8.36. The van der Waals surface area contributed by atoms with Crippen LogP contribution in [0, 0.1) is 30.3 Å². The normalized spacial score (nSPS) is 4.24. The van der Waals surface area contributed by atoms with Crippen molar-refractivity contribution in [2.24, 2.45) is 0 Å². The van der Waals surface area contributed by atoms with Crippen molar-refractivity contribution in [2.75, 3.05) is 0 Å². The number of hydrogen-bond donors (Lipinski definition) is 6. The molecule has 0 saturated heterocycles. The lowest BCUT2D eigenvalue weighted by Crippen LogP contribution is -1.81. The first-order chi connectivity index (χ1) is 5.20. The van der Waals surface area contributed by atoms with Gasteiger partial charge in [0.1, 0.15) is 0 Å². The minimum absolute atomic E-state index is 0. The largest absolute Gasteiger partial charge is 0.344 e. The molecular weight excluding hydrogens is 252 g/mol. The fourth-order valence-corrected chi connectivity index (χ4v) is 0. The average molecular weight is 272 g/mol. The van der Waals surface area contributed by atoms with Crippen molar-refractivity contribution in [3.8, 4) is 0 Å². The zero-order valence-electron chi connectivity index (χ0n) is 7.25. The highest BCUT2D eigenvalue weighted by Crippen LogP contribution is 1.39. The van der Waals surface area contributed by atoms with Crippen LogP contribution < -0.4 is 18.5 Å². The van der Waals surface area contributed by atoms with E-state index < -0.39 is 15.3 Å². The highest BCUT2D eigenvalue weighted by Gasteiger charge is 1.66. The van der Waals surface area contributed by atoms with Gasteiger partial charge in [0.05, 0.1) is 0 Å². The summed E-state index contributed by atoms with van der Waals surface area (Å²) in [7, 11) is 0. The second-order valence-corrected chi connectivity index (χ2v) is 0.714. The summed E-state index contributed by atoms with van der Waals surface area (Å²) in [5.74, 6) is 0. The third kappa shape index (κ3) is 280. The number of nitrogens with zero attached hydrogens (tertiary/aromatic N) is 3. The second kappa shape index (κ2) is 50.0. The van der Waals surface area contributed by atoms with Gasteiger partial charge in [0.15, 0.2) is 0 Å². The van der Waals surface area contributed by atoms with Crippen molar-refractivity contribution in [1.82, 2.24) is 18.5 Å². The zero-order valence-corrected chi connectivity index (χ0v) is 7.25. The first-order valence-electron chi connectivity index (χ1n) is 1.70. The van der Waals surface area contributed by atoms with E-state index in [1.807, 2.05) is 0 Å². The maximum absolute atomic E-state index is 8.36. The van der Waals surface area contributed by atoms with Crippen LogP contribution in [0.5, 0.6) is 0 Å². The molecule has 17 heavy (non-hydrogen) atoms. The first-order valence-corrected chi connectivity index (χ1v) is 1.70. The molecule has 15 nitrogen and oxygen atoms in total. The van der Waals surface area contributed by atoms with Crippen LogP contribution in [0.15, 0.2) is 0 Å². The van der Waals surface area contributed by atoms with Crippen molar-refractivity contribution in [1.29, 1.82) is 0 Å². The summed E-state index contributed by atoms with van der Waals surface area (Å²) in [6, 6.07) is 0. The summed E-state index contributed by atoms with van der Waals surface area (Å²) in [6.07, 6.45) is 0. The Hall–Kier alpha value is -2.52. The van der Waals surface area contributed by atoms with Gasteiger partial charge in [-0.25, -0.2) is 0 Å². The molecule has 0 bridgehead atoms. The summed E-state index contributed by atoms with van der Waals surface area (Å²) in [5.41, 5.74) is 0. The molecule has 0 amide bonds. The fraction of sp³-hybridized carbons (Fsp3) is 1.00. The summed E-state index contributed by atoms with van der Waals surface area (Å²) in [5, 5.41) is 40.9. The van der Waals surface area contributed by atoms with Gasteiger partial charge in [-0.05, 0) is 0 Å². The van der Waals surface area contributed by atoms with Crippen LogP contribution in [-0.2, 0) is 0 Å². The molecule has 0 aliphatic carbocycles. The van der Waals surface area contributed by atoms with Crippen LogP contribution in [0.1, 0.15) is 14.9 Å². The Morgan fingerprint density at radius 1 is 0.588 bits per heavy atom. The number of hydrogen-bond acceptors (Lipinski definition) is 9. The van der Waals surface area contributed by atoms with Crippen LogP contribution >= 0.6 is 0 Å². The molecule has 0 unspecified atom stereocenters. The predicted molar refractivity (Wildman–Crippen MR) is 54.9 cm³/mol. The average Bonchev–Trinajstić information content (AvgIpc) is 1.54. The van der Waals surface area contributed by atoms with E-state index in [0.29, 0.717) is 0 Å². The summed E-state index contributed by atoms with van der Waals surface area (Å²) in [4.78, 5) is 25.1.